The number of ether oxygens (including phenoxy) is 1. The molecule has 2 aromatic rings. The standard InChI is InChI=1S/C25H36ClN5O2/c26-23-5-2-21(3-6-23)18-30-12-8-24(31-14-16-33-17-15-31)22(19-30)4-7-25(32)28-9-1-11-29-13-10-27-20-29/h2-3,5-6,10,13,20,22,24H,1,4,7-9,11-12,14-19H2,(H,28,32)/t22-,24+/m0/s1. The molecule has 2 saturated heterocycles. The van der Waals surface area contributed by atoms with Gasteiger partial charge in [0.1, 0.15) is 0 Å². The number of rotatable bonds is 10. The summed E-state index contributed by atoms with van der Waals surface area (Å²) in [5, 5.41) is 3.88. The van der Waals surface area contributed by atoms with Crippen LogP contribution in [0.25, 0.3) is 0 Å². The number of carbonyl (C=O) groups excluding carboxylic acids is 1. The number of imidazole rings is 1. The number of halogens is 1. The number of amides is 1. The molecule has 7 nitrogen and oxygen atoms in total. The van der Waals surface area contributed by atoms with Crippen molar-refractivity contribution in [2.75, 3.05) is 45.9 Å². The summed E-state index contributed by atoms with van der Waals surface area (Å²) in [5.74, 6) is 0.650. The number of piperidine rings is 1. The number of benzene rings is 1. The fraction of sp³-hybridized carbons (Fsp3) is 0.600. The van der Waals surface area contributed by atoms with Crippen molar-refractivity contribution in [2.24, 2.45) is 5.92 Å². The molecule has 0 spiro atoms. The van der Waals surface area contributed by atoms with Crippen LogP contribution in [-0.2, 0) is 22.6 Å². The molecule has 2 aliphatic rings. The Kier molecular flexibility index (Phi) is 9.17. The zero-order valence-electron chi connectivity index (χ0n) is 19.4. The van der Waals surface area contributed by atoms with E-state index in [1.54, 1.807) is 6.20 Å². The van der Waals surface area contributed by atoms with Crippen molar-refractivity contribution in [1.29, 1.82) is 0 Å². The minimum Gasteiger partial charge on any atom is -0.379 e. The number of nitrogens with zero attached hydrogens (tertiary/aromatic N) is 4. The number of likely N-dealkylation sites (tertiary alicyclic amines) is 1. The van der Waals surface area contributed by atoms with Crippen LogP contribution in [0.1, 0.15) is 31.2 Å². The molecule has 180 valence electrons. The van der Waals surface area contributed by atoms with Crippen molar-refractivity contribution in [2.45, 2.75) is 44.8 Å². The van der Waals surface area contributed by atoms with Gasteiger partial charge in [0.15, 0.2) is 0 Å². The van der Waals surface area contributed by atoms with Gasteiger partial charge in [-0.15, -0.1) is 0 Å². The lowest BCUT2D eigenvalue weighted by Crippen LogP contribution is -2.54. The Morgan fingerprint density at radius 2 is 2.00 bits per heavy atom. The van der Waals surface area contributed by atoms with Gasteiger partial charge < -0.3 is 14.6 Å². The average Bonchev–Trinajstić information content (AvgIpc) is 3.36. The van der Waals surface area contributed by atoms with Gasteiger partial charge in [-0.05, 0) is 49.4 Å². The number of nitrogens with one attached hydrogen (secondary N) is 1. The minimum absolute atomic E-state index is 0.163. The predicted molar refractivity (Wildman–Crippen MR) is 130 cm³/mol. The molecule has 1 N–H and O–H groups in total. The van der Waals surface area contributed by atoms with Crippen LogP contribution in [0.15, 0.2) is 43.0 Å². The summed E-state index contributed by atoms with van der Waals surface area (Å²) in [5.41, 5.74) is 1.29. The topological polar surface area (TPSA) is 62.6 Å². The van der Waals surface area contributed by atoms with E-state index in [9.17, 15) is 4.79 Å². The molecule has 2 fully saturated rings. The number of hydrogen-bond acceptors (Lipinski definition) is 5. The van der Waals surface area contributed by atoms with Gasteiger partial charge in [-0.3, -0.25) is 14.6 Å². The number of carbonyl (C=O) groups is 1. The maximum absolute atomic E-state index is 12.5. The maximum Gasteiger partial charge on any atom is 0.220 e. The van der Waals surface area contributed by atoms with E-state index in [4.69, 9.17) is 16.3 Å². The molecule has 0 saturated carbocycles. The highest BCUT2D eigenvalue weighted by Gasteiger charge is 2.34. The number of aryl methyl sites for hydroxylation is 1. The summed E-state index contributed by atoms with van der Waals surface area (Å²) < 4.78 is 7.62. The molecule has 0 aliphatic carbocycles. The Bertz CT molecular complexity index is 839. The van der Waals surface area contributed by atoms with Crippen LogP contribution >= 0.6 is 11.6 Å². The van der Waals surface area contributed by atoms with Crippen molar-refractivity contribution >= 4 is 17.5 Å². The molecule has 1 aromatic carbocycles. The SMILES string of the molecule is O=C(CC[C@H]1CN(Cc2ccc(Cl)cc2)CC[C@H]1N1CCOCC1)NCCCn1ccnc1. The highest BCUT2D eigenvalue weighted by Crippen LogP contribution is 2.28. The van der Waals surface area contributed by atoms with Crippen LogP contribution in [0, 0.1) is 5.92 Å². The molecule has 1 amide bonds. The summed E-state index contributed by atoms with van der Waals surface area (Å²) >= 11 is 6.05. The van der Waals surface area contributed by atoms with Gasteiger partial charge in [-0.2, -0.15) is 0 Å². The first-order valence-corrected chi connectivity index (χ1v) is 12.6. The van der Waals surface area contributed by atoms with Gasteiger partial charge in [0.2, 0.25) is 5.91 Å². The molecule has 0 unspecified atom stereocenters. The van der Waals surface area contributed by atoms with E-state index in [-0.39, 0.29) is 5.91 Å². The van der Waals surface area contributed by atoms with Crippen molar-refractivity contribution in [3.63, 3.8) is 0 Å². The first-order chi connectivity index (χ1) is 16.2. The zero-order chi connectivity index (χ0) is 22.9. The van der Waals surface area contributed by atoms with Gasteiger partial charge in [0.05, 0.1) is 19.5 Å². The normalized spacial score (nSPS) is 22.3. The van der Waals surface area contributed by atoms with Crippen molar-refractivity contribution in [1.82, 2.24) is 24.7 Å². The van der Waals surface area contributed by atoms with E-state index in [2.05, 4.69) is 32.2 Å². The monoisotopic (exact) mass is 473 g/mol. The van der Waals surface area contributed by atoms with E-state index in [1.165, 1.54) is 5.56 Å². The molecule has 2 atom stereocenters. The molecule has 33 heavy (non-hydrogen) atoms. The number of aromatic nitrogens is 2. The van der Waals surface area contributed by atoms with Crippen LogP contribution in [0.4, 0.5) is 0 Å². The van der Waals surface area contributed by atoms with Gasteiger partial charge in [-0.25, -0.2) is 4.98 Å². The summed E-state index contributed by atoms with van der Waals surface area (Å²) in [6.07, 6.45) is 9.11. The van der Waals surface area contributed by atoms with Gasteiger partial charge >= 0.3 is 0 Å². The molecule has 8 heteroatoms. The highest BCUT2D eigenvalue weighted by molar-refractivity contribution is 6.30. The van der Waals surface area contributed by atoms with Gasteiger partial charge in [0, 0.05) is 69.1 Å². The fourth-order valence-corrected chi connectivity index (χ4v) is 5.20. The second-order valence-electron chi connectivity index (χ2n) is 9.17. The van der Waals surface area contributed by atoms with E-state index in [0.29, 0.717) is 24.9 Å². The highest BCUT2D eigenvalue weighted by atomic mass is 35.5. The van der Waals surface area contributed by atoms with E-state index < -0.39 is 0 Å². The lowest BCUT2D eigenvalue weighted by molar-refractivity contribution is -0.121. The zero-order valence-corrected chi connectivity index (χ0v) is 20.1. The fourth-order valence-electron chi connectivity index (χ4n) is 5.07. The Balaban J connectivity index is 1.27. The smallest absolute Gasteiger partial charge is 0.220 e. The third kappa shape index (κ3) is 7.54. The van der Waals surface area contributed by atoms with Crippen molar-refractivity contribution < 1.29 is 9.53 Å². The Morgan fingerprint density at radius 3 is 2.76 bits per heavy atom. The molecule has 2 aliphatic heterocycles. The quantitative estimate of drug-likeness (QED) is 0.537. The average molecular weight is 474 g/mol. The lowest BCUT2D eigenvalue weighted by Gasteiger charge is -2.45. The molecule has 0 radical (unpaired) electrons. The molecular formula is C25H36ClN5O2. The summed E-state index contributed by atoms with van der Waals surface area (Å²) in [4.78, 5) is 21.7. The van der Waals surface area contributed by atoms with E-state index in [1.807, 2.05) is 29.2 Å². The predicted octanol–water partition coefficient (Wildman–Crippen LogP) is 3.05. The van der Waals surface area contributed by atoms with Crippen LogP contribution in [0.2, 0.25) is 5.02 Å². The first kappa shape index (κ1) is 24.2. The minimum atomic E-state index is 0.163. The Labute approximate surface area is 202 Å². The largest absolute Gasteiger partial charge is 0.379 e. The van der Waals surface area contributed by atoms with Gasteiger partial charge in [-0.1, -0.05) is 23.7 Å². The van der Waals surface area contributed by atoms with E-state index in [0.717, 1.165) is 76.8 Å². The van der Waals surface area contributed by atoms with Crippen LogP contribution in [-0.4, -0.2) is 77.2 Å². The van der Waals surface area contributed by atoms with E-state index >= 15 is 0 Å². The third-order valence-corrected chi connectivity index (χ3v) is 7.08. The summed E-state index contributed by atoms with van der Waals surface area (Å²) in [6.45, 7) is 8.25. The van der Waals surface area contributed by atoms with Gasteiger partial charge in [0.25, 0.3) is 0 Å². The third-order valence-electron chi connectivity index (χ3n) is 6.83. The first-order valence-electron chi connectivity index (χ1n) is 12.2. The molecule has 4 rings (SSSR count). The summed E-state index contributed by atoms with van der Waals surface area (Å²) in [7, 11) is 0. The Morgan fingerprint density at radius 1 is 1.18 bits per heavy atom. The molecule has 3 heterocycles. The summed E-state index contributed by atoms with van der Waals surface area (Å²) in [6, 6.07) is 8.69. The molecule has 0 bridgehead atoms. The lowest BCUT2D eigenvalue weighted by atomic mass is 9.86. The molecule has 1 aromatic heterocycles. The second kappa shape index (κ2) is 12.5. The van der Waals surface area contributed by atoms with Crippen LogP contribution < -0.4 is 5.32 Å². The van der Waals surface area contributed by atoms with Crippen molar-refractivity contribution in [3.05, 3.63) is 53.6 Å². The second-order valence-corrected chi connectivity index (χ2v) is 9.61. The van der Waals surface area contributed by atoms with Crippen molar-refractivity contribution in [3.8, 4) is 0 Å². The maximum atomic E-state index is 12.5. The Hall–Kier alpha value is -1.93. The van der Waals surface area contributed by atoms with Crippen LogP contribution in [0.5, 0.6) is 0 Å². The number of hydrogen-bond donors (Lipinski definition) is 1. The molecular weight excluding hydrogens is 438 g/mol. The van der Waals surface area contributed by atoms with Crippen LogP contribution in [0.3, 0.4) is 0 Å². The number of morpholine rings is 1.